The molecule has 4 aromatic rings. The maximum absolute atomic E-state index is 12.6. The summed E-state index contributed by atoms with van der Waals surface area (Å²) in [5, 5.41) is 11.5. The van der Waals surface area contributed by atoms with Gasteiger partial charge < -0.3 is 14.3 Å². The van der Waals surface area contributed by atoms with Gasteiger partial charge in [0, 0.05) is 19.0 Å². The second kappa shape index (κ2) is 7.38. The van der Waals surface area contributed by atoms with Gasteiger partial charge in [0.2, 0.25) is 11.9 Å². The standard InChI is InChI=1S/C21H20N6O2/c28-20(24-21-22-15-4-1-2-5-16(15)23-21)14-9-11-27(12-10-14)19-8-7-17(25-26-19)18-6-3-13-29-18/h1-8,13-14H,9-12H2,(H2,22,23,24,28). The monoisotopic (exact) mass is 388 g/mol. The Labute approximate surface area is 167 Å². The van der Waals surface area contributed by atoms with Crippen LogP contribution in [0.2, 0.25) is 0 Å². The summed E-state index contributed by atoms with van der Waals surface area (Å²) in [6, 6.07) is 15.2. The number of carbonyl (C=O) groups excluding carboxylic acids is 1. The first-order valence-electron chi connectivity index (χ1n) is 9.64. The smallest absolute Gasteiger partial charge is 0.229 e. The second-order valence-electron chi connectivity index (χ2n) is 7.11. The van der Waals surface area contributed by atoms with E-state index in [0.717, 1.165) is 42.8 Å². The van der Waals surface area contributed by atoms with Gasteiger partial charge in [0.05, 0.1) is 17.3 Å². The number of hydrogen-bond acceptors (Lipinski definition) is 6. The van der Waals surface area contributed by atoms with E-state index in [-0.39, 0.29) is 11.8 Å². The van der Waals surface area contributed by atoms with Crippen LogP contribution in [-0.2, 0) is 4.79 Å². The molecule has 2 N–H and O–H groups in total. The lowest BCUT2D eigenvalue weighted by molar-refractivity contribution is -0.120. The Morgan fingerprint density at radius 3 is 2.66 bits per heavy atom. The number of aromatic amines is 1. The minimum Gasteiger partial charge on any atom is -0.463 e. The summed E-state index contributed by atoms with van der Waals surface area (Å²) >= 11 is 0. The van der Waals surface area contributed by atoms with E-state index in [0.29, 0.717) is 17.4 Å². The number of piperidine rings is 1. The van der Waals surface area contributed by atoms with Gasteiger partial charge in [-0.05, 0) is 49.2 Å². The summed E-state index contributed by atoms with van der Waals surface area (Å²) in [6.45, 7) is 1.51. The number of nitrogens with one attached hydrogen (secondary N) is 2. The van der Waals surface area contributed by atoms with E-state index in [1.807, 2.05) is 48.5 Å². The minimum atomic E-state index is -0.0465. The zero-order valence-electron chi connectivity index (χ0n) is 15.7. The molecule has 3 aromatic heterocycles. The van der Waals surface area contributed by atoms with E-state index in [1.54, 1.807) is 6.26 Å². The van der Waals surface area contributed by atoms with Crippen LogP contribution in [-0.4, -0.2) is 39.2 Å². The fourth-order valence-corrected chi connectivity index (χ4v) is 3.65. The summed E-state index contributed by atoms with van der Waals surface area (Å²) < 4.78 is 5.35. The number of hydrogen-bond donors (Lipinski definition) is 2. The van der Waals surface area contributed by atoms with Crippen LogP contribution in [0.5, 0.6) is 0 Å². The maximum atomic E-state index is 12.6. The van der Waals surface area contributed by atoms with Crippen LogP contribution in [0.25, 0.3) is 22.5 Å². The van der Waals surface area contributed by atoms with Crippen LogP contribution >= 0.6 is 0 Å². The molecule has 146 valence electrons. The van der Waals surface area contributed by atoms with Crippen molar-refractivity contribution in [3.63, 3.8) is 0 Å². The Hall–Kier alpha value is -3.68. The lowest BCUT2D eigenvalue weighted by Gasteiger charge is -2.31. The lowest BCUT2D eigenvalue weighted by atomic mass is 9.96. The third-order valence-corrected chi connectivity index (χ3v) is 5.24. The number of fused-ring (bicyclic) bond motifs is 1. The van der Waals surface area contributed by atoms with Crippen molar-refractivity contribution >= 4 is 28.7 Å². The number of benzene rings is 1. The maximum Gasteiger partial charge on any atom is 0.229 e. The molecule has 0 bridgehead atoms. The molecule has 8 nitrogen and oxygen atoms in total. The molecule has 0 radical (unpaired) electrons. The number of amides is 1. The molecule has 5 rings (SSSR count). The van der Waals surface area contributed by atoms with Gasteiger partial charge in [-0.25, -0.2) is 4.98 Å². The van der Waals surface area contributed by atoms with Crippen molar-refractivity contribution in [3.05, 3.63) is 54.8 Å². The Morgan fingerprint density at radius 1 is 1.07 bits per heavy atom. The molecule has 0 unspecified atom stereocenters. The summed E-state index contributed by atoms with van der Waals surface area (Å²) in [4.78, 5) is 22.3. The van der Waals surface area contributed by atoms with Crippen LogP contribution in [0.3, 0.4) is 0 Å². The number of carbonyl (C=O) groups is 1. The number of aromatic nitrogens is 4. The zero-order chi connectivity index (χ0) is 19.6. The topological polar surface area (TPSA) is 99.9 Å². The van der Waals surface area contributed by atoms with Gasteiger partial charge in [-0.15, -0.1) is 10.2 Å². The SMILES string of the molecule is O=C(Nc1nc2ccccc2[nH]1)C1CCN(c2ccc(-c3ccco3)nn2)CC1. The molecule has 1 aliphatic heterocycles. The first-order valence-corrected chi connectivity index (χ1v) is 9.64. The molecule has 0 aliphatic carbocycles. The van der Waals surface area contributed by atoms with Gasteiger partial charge in [0.1, 0.15) is 5.69 Å². The van der Waals surface area contributed by atoms with Crippen LogP contribution < -0.4 is 10.2 Å². The predicted molar refractivity (Wildman–Crippen MR) is 109 cm³/mol. The molecule has 4 heterocycles. The van der Waals surface area contributed by atoms with Gasteiger partial charge in [0.15, 0.2) is 11.6 Å². The molecule has 0 saturated carbocycles. The van der Waals surface area contributed by atoms with Gasteiger partial charge in [-0.1, -0.05) is 12.1 Å². The highest BCUT2D eigenvalue weighted by Gasteiger charge is 2.26. The molecule has 1 aromatic carbocycles. The molecular formula is C21H20N6O2. The predicted octanol–water partition coefficient (Wildman–Crippen LogP) is 3.47. The fraction of sp³-hybridized carbons (Fsp3) is 0.238. The summed E-state index contributed by atoms with van der Waals surface area (Å²) in [5.41, 5.74) is 2.46. The van der Waals surface area contributed by atoms with Gasteiger partial charge >= 0.3 is 0 Å². The fourth-order valence-electron chi connectivity index (χ4n) is 3.65. The third-order valence-electron chi connectivity index (χ3n) is 5.24. The van der Waals surface area contributed by atoms with Crippen molar-refractivity contribution in [2.75, 3.05) is 23.3 Å². The number of anilines is 2. The summed E-state index contributed by atoms with van der Waals surface area (Å²) in [7, 11) is 0. The van der Waals surface area contributed by atoms with E-state index in [4.69, 9.17) is 4.42 Å². The normalized spacial score (nSPS) is 15.0. The Balaban J connectivity index is 1.19. The number of rotatable bonds is 4. The third kappa shape index (κ3) is 3.56. The molecule has 1 saturated heterocycles. The number of nitrogens with zero attached hydrogens (tertiary/aromatic N) is 4. The quantitative estimate of drug-likeness (QED) is 0.555. The van der Waals surface area contributed by atoms with Gasteiger partial charge in [-0.2, -0.15) is 0 Å². The van der Waals surface area contributed by atoms with Crippen LogP contribution in [0.15, 0.2) is 59.2 Å². The zero-order valence-corrected chi connectivity index (χ0v) is 15.7. The Morgan fingerprint density at radius 2 is 1.93 bits per heavy atom. The molecule has 1 amide bonds. The van der Waals surface area contributed by atoms with E-state index in [2.05, 4.69) is 30.4 Å². The Bertz CT molecular complexity index is 1080. The van der Waals surface area contributed by atoms with Crippen molar-refractivity contribution < 1.29 is 9.21 Å². The summed E-state index contributed by atoms with van der Waals surface area (Å²) in [6.07, 6.45) is 3.13. The van der Waals surface area contributed by atoms with Crippen LogP contribution in [0.4, 0.5) is 11.8 Å². The van der Waals surface area contributed by atoms with Gasteiger partial charge in [0.25, 0.3) is 0 Å². The molecule has 0 spiro atoms. The lowest BCUT2D eigenvalue weighted by Crippen LogP contribution is -2.38. The molecule has 8 heteroatoms. The number of para-hydroxylation sites is 2. The van der Waals surface area contributed by atoms with E-state index in [9.17, 15) is 4.79 Å². The van der Waals surface area contributed by atoms with E-state index >= 15 is 0 Å². The van der Waals surface area contributed by atoms with Crippen molar-refractivity contribution in [2.45, 2.75) is 12.8 Å². The van der Waals surface area contributed by atoms with E-state index in [1.165, 1.54) is 0 Å². The highest BCUT2D eigenvalue weighted by atomic mass is 16.3. The van der Waals surface area contributed by atoms with E-state index < -0.39 is 0 Å². The number of furan rings is 1. The van der Waals surface area contributed by atoms with Crippen molar-refractivity contribution in [1.29, 1.82) is 0 Å². The molecular weight excluding hydrogens is 368 g/mol. The largest absolute Gasteiger partial charge is 0.463 e. The molecule has 0 atom stereocenters. The van der Waals surface area contributed by atoms with Crippen LogP contribution in [0, 0.1) is 5.92 Å². The van der Waals surface area contributed by atoms with Gasteiger partial charge in [-0.3, -0.25) is 10.1 Å². The van der Waals surface area contributed by atoms with Crippen molar-refractivity contribution in [3.8, 4) is 11.5 Å². The molecule has 1 aliphatic rings. The number of H-pyrrole nitrogens is 1. The Kier molecular flexibility index (Phi) is 4.44. The van der Waals surface area contributed by atoms with Crippen molar-refractivity contribution in [2.24, 2.45) is 5.92 Å². The highest BCUT2D eigenvalue weighted by molar-refractivity contribution is 5.92. The molecule has 1 fully saturated rings. The average molecular weight is 388 g/mol. The highest BCUT2D eigenvalue weighted by Crippen LogP contribution is 2.24. The van der Waals surface area contributed by atoms with Crippen LogP contribution in [0.1, 0.15) is 12.8 Å². The first kappa shape index (κ1) is 17.4. The summed E-state index contributed by atoms with van der Waals surface area (Å²) in [5.74, 6) is 1.97. The second-order valence-corrected chi connectivity index (χ2v) is 7.11. The number of imidazole rings is 1. The first-order chi connectivity index (χ1) is 14.3. The van der Waals surface area contributed by atoms with Crippen molar-refractivity contribution in [1.82, 2.24) is 20.2 Å². The minimum absolute atomic E-state index is 0.00274. The average Bonchev–Trinajstić information content (AvgIpc) is 3.43. The molecule has 29 heavy (non-hydrogen) atoms.